The molecule has 1 amide bonds. The fraction of sp³-hybridized carbons (Fsp3) is 0.700. The van der Waals surface area contributed by atoms with E-state index in [4.69, 9.17) is 5.11 Å². The minimum atomic E-state index is -0.915. The van der Waals surface area contributed by atoms with Gasteiger partial charge in [-0.2, -0.15) is 0 Å². The number of fused-ring (bicyclic) bond motifs is 1. The van der Waals surface area contributed by atoms with E-state index in [2.05, 4.69) is 22.8 Å². The van der Waals surface area contributed by atoms with Crippen molar-refractivity contribution in [2.24, 2.45) is 17.8 Å². The Hall–Kier alpha value is -1.03. The monoisotopic (exact) mass is 196 g/mol. The van der Waals surface area contributed by atoms with Crippen LogP contribution in [0.15, 0.2) is 12.2 Å². The molecule has 4 heteroatoms. The van der Waals surface area contributed by atoms with Crippen molar-refractivity contribution in [3.63, 3.8) is 0 Å². The van der Waals surface area contributed by atoms with Crippen LogP contribution in [0.2, 0.25) is 0 Å². The minimum Gasteiger partial charge on any atom is -0.465 e. The lowest BCUT2D eigenvalue weighted by atomic mass is 9.78. The Morgan fingerprint density at radius 1 is 1.57 bits per heavy atom. The number of allylic oxidation sites excluding steroid dienone is 1. The van der Waals surface area contributed by atoms with Crippen molar-refractivity contribution in [1.29, 1.82) is 0 Å². The summed E-state index contributed by atoms with van der Waals surface area (Å²) in [6, 6.07) is 0. The van der Waals surface area contributed by atoms with Crippen molar-refractivity contribution in [2.45, 2.75) is 6.42 Å². The van der Waals surface area contributed by atoms with Crippen LogP contribution in [0.3, 0.4) is 0 Å². The zero-order valence-corrected chi connectivity index (χ0v) is 8.07. The predicted octanol–water partition coefficient (Wildman–Crippen LogP) is 0.666. The maximum Gasteiger partial charge on any atom is 0.404 e. The SMILES string of the molecule is O=C(O)NC[C@H]1CC=C[C@H]2CNC[C@@H]12. The first-order valence-corrected chi connectivity index (χ1v) is 5.11. The molecule has 0 aromatic carbocycles. The molecule has 0 unspecified atom stereocenters. The van der Waals surface area contributed by atoms with Crippen LogP contribution >= 0.6 is 0 Å². The summed E-state index contributed by atoms with van der Waals surface area (Å²) < 4.78 is 0. The number of carboxylic acid groups (broad SMARTS) is 1. The molecule has 14 heavy (non-hydrogen) atoms. The second-order valence-corrected chi connectivity index (χ2v) is 4.10. The van der Waals surface area contributed by atoms with Gasteiger partial charge in [-0.1, -0.05) is 12.2 Å². The highest BCUT2D eigenvalue weighted by atomic mass is 16.4. The van der Waals surface area contributed by atoms with Crippen LogP contribution in [-0.2, 0) is 0 Å². The first kappa shape index (κ1) is 9.52. The molecule has 0 aromatic heterocycles. The molecule has 1 aliphatic heterocycles. The molecule has 0 bridgehead atoms. The third-order valence-electron chi connectivity index (χ3n) is 3.25. The summed E-state index contributed by atoms with van der Waals surface area (Å²) in [7, 11) is 0. The summed E-state index contributed by atoms with van der Waals surface area (Å²) in [5, 5.41) is 14.4. The van der Waals surface area contributed by atoms with Gasteiger partial charge in [0.05, 0.1) is 0 Å². The van der Waals surface area contributed by atoms with Crippen LogP contribution in [0.5, 0.6) is 0 Å². The first-order chi connectivity index (χ1) is 6.77. The van der Waals surface area contributed by atoms with Gasteiger partial charge in [0.25, 0.3) is 0 Å². The second kappa shape index (κ2) is 4.00. The summed E-state index contributed by atoms with van der Waals surface area (Å²) in [5.74, 6) is 1.70. The highest BCUT2D eigenvalue weighted by Gasteiger charge is 2.33. The number of carbonyl (C=O) groups is 1. The van der Waals surface area contributed by atoms with E-state index < -0.39 is 6.09 Å². The molecule has 2 rings (SSSR count). The van der Waals surface area contributed by atoms with E-state index in [1.807, 2.05) is 0 Å². The molecule has 0 radical (unpaired) electrons. The molecule has 1 fully saturated rings. The highest BCUT2D eigenvalue weighted by Crippen LogP contribution is 2.32. The standard InChI is InChI=1S/C10H16N2O2/c13-10(14)12-5-8-3-1-2-7-4-11-6-9(7)8/h1-2,7-9,11-12H,3-6H2,(H,13,14)/t7-,8+,9+/m0/s1. The van der Waals surface area contributed by atoms with Crippen LogP contribution in [0.4, 0.5) is 4.79 Å². The van der Waals surface area contributed by atoms with Crippen LogP contribution in [0, 0.1) is 17.8 Å². The fourth-order valence-electron chi connectivity index (χ4n) is 2.50. The van der Waals surface area contributed by atoms with Gasteiger partial charge in [-0.3, -0.25) is 0 Å². The summed E-state index contributed by atoms with van der Waals surface area (Å²) in [6.07, 6.45) is 4.54. The zero-order chi connectivity index (χ0) is 9.97. The Labute approximate surface area is 83.4 Å². The molecule has 4 nitrogen and oxygen atoms in total. The molecule has 0 aromatic rings. The van der Waals surface area contributed by atoms with E-state index in [-0.39, 0.29) is 0 Å². The van der Waals surface area contributed by atoms with Gasteiger partial charge in [0.15, 0.2) is 0 Å². The number of rotatable bonds is 2. The normalized spacial score (nSPS) is 35.3. The van der Waals surface area contributed by atoms with E-state index >= 15 is 0 Å². The topological polar surface area (TPSA) is 61.4 Å². The number of amides is 1. The Balaban J connectivity index is 1.92. The van der Waals surface area contributed by atoms with E-state index in [0.29, 0.717) is 24.3 Å². The molecular formula is C10H16N2O2. The molecular weight excluding hydrogens is 180 g/mol. The van der Waals surface area contributed by atoms with Gasteiger partial charge >= 0.3 is 6.09 Å². The van der Waals surface area contributed by atoms with Gasteiger partial charge in [0.1, 0.15) is 0 Å². The Morgan fingerprint density at radius 2 is 2.43 bits per heavy atom. The van der Waals surface area contributed by atoms with Gasteiger partial charge in [-0.15, -0.1) is 0 Å². The lowest BCUT2D eigenvalue weighted by molar-refractivity contribution is 0.188. The molecule has 0 spiro atoms. The highest BCUT2D eigenvalue weighted by molar-refractivity contribution is 5.64. The van der Waals surface area contributed by atoms with Gasteiger partial charge < -0.3 is 15.7 Å². The molecule has 3 N–H and O–H groups in total. The molecule has 2 aliphatic rings. The average molecular weight is 196 g/mol. The summed E-state index contributed by atoms with van der Waals surface area (Å²) in [6.45, 7) is 2.66. The van der Waals surface area contributed by atoms with Crippen molar-refractivity contribution in [1.82, 2.24) is 10.6 Å². The maximum absolute atomic E-state index is 10.4. The third-order valence-corrected chi connectivity index (χ3v) is 3.25. The Morgan fingerprint density at radius 3 is 3.21 bits per heavy atom. The van der Waals surface area contributed by atoms with E-state index in [0.717, 1.165) is 19.5 Å². The first-order valence-electron chi connectivity index (χ1n) is 5.11. The molecule has 78 valence electrons. The Kier molecular flexibility index (Phi) is 2.72. The van der Waals surface area contributed by atoms with Crippen molar-refractivity contribution in [3.05, 3.63) is 12.2 Å². The minimum absolute atomic E-state index is 0.469. The molecule has 1 heterocycles. The van der Waals surface area contributed by atoms with Gasteiger partial charge in [0.2, 0.25) is 0 Å². The third kappa shape index (κ3) is 1.90. The number of hydrogen-bond donors (Lipinski definition) is 3. The van der Waals surface area contributed by atoms with E-state index in [1.165, 1.54) is 0 Å². The van der Waals surface area contributed by atoms with Gasteiger partial charge in [-0.05, 0) is 30.7 Å². The summed E-state index contributed by atoms with van der Waals surface area (Å²) in [5.41, 5.74) is 0. The zero-order valence-electron chi connectivity index (χ0n) is 8.07. The van der Waals surface area contributed by atoms with Crippen molar-refractivity contribution in [2.75, 3.05) is 19.6 Å². The lowest BCUT2D eigenvalue weighted by Gasteiger charge is -2.28. The quantitative estimate of drug-likeness (QED) is 0.569. The molecule has 3 atom stereocenters. The molecule has 0 saturated carbocycles. The largest absolute Gasteiger partial charge is 0.465 e. The molecule has 1 saturated heterocycles. The van der Waals surface area contributed by atoms with Gasteiger partial charge in [-0.25, -0.2) is 4.79 Å². The van der Waals surface area contributed by atoms with Crippen LogP contribution in [0.25, 0.3) is 0 Å². The number of nitrogens with one attached hydrogen (secondary N) is 2. The second-order valence-electron chi connectivity index (χ2n) is 4.10. The van der Waals surface area contributed by atoms with E-state index in [1.54, 1.807) is 0 Å². The van der Waals surface area contributed by atoms with Crippen molar-refractivity contribution >= 4 is 6.09 Å². The maximum atomic E-state index is 10.4. The summed E-state index contributed by atoms with van der Waals surface area (Å²) >= 11 is 0. The van der Waals surface area contributed by atoms with Crippen LogP contribution in [-0.4, -0.2) is 30.8 Å². The van der Waals surface area contributed by atoms with Crippen molar-refractivity contribution in [3.8, 4) is 0 Å². The summed E-state index contributed by atoms with van der Waals surface area (Å²) in [4.78, 5) is 10.4. The Bertz CT molecular complexity index is 253. The van der Waals surface area contributed by atoms with Crippen molar-refractivity contribution < 1.29 is 9.90 Å². The van der Waals surface area contributed by atoms with Crippen LogP contribution in [0.1, 0.15) is 6.42 Å². The van der Waals surface area contributed by atoms with Gasteiger partial charge in [0, 0.05) is 13.1 Å². The average Bonchev–Trinajstić information content (AvgIpc) is 2.62. The van der Waals surface area contributed by atoms with E-state index in [9.17, 15) is 4.79 Å². The van der Waals surface area contributed by atoms with Crippen LogP contribution < -0.4 is 10.6 Å². The predicted molar refractivity (Wildman–Crippen MR) is 53.1 cm³/mol. The smallest absolute Gasteiger partial charge is 0.404 e. The molecule has 1 aliphatic carbocycles. The number of hydrogen-bond acceptors (Lipinski definition) is 2. The fourth-order valence-corrected chi connectivity index (χ4v) is 2.50. The lowest BCUT2D eigenvalue weighted by Crippen LogP contribution is -2.35.